The van der Waals surface area contributed by atoms with E-state index in [-0.39, 0.29) is 11.1 Å². The fourth-order valence-electron chi connectivity index (χ4n) is 1.91. The Labute approximate surface area is 136 Å². The van der Waals surface area contributed by atoms with Crippen LogP contribution in [0.2, 0.25) is 0 Å². The van der Waals surface area contributed by atoms with Crippen molar-refractivity contribution in [3.8, 4) is 0 Å². The van der Waals surface area contributed by atoms with E-state index in [0.717, 1.165) is 24.3 Å². The van der Waals surface area contributed by atoms with Gasteiger partial charge in [0.05, 0.1) is 11.1 Å². The van der Waals surface area contributed by atoms with E-state index in [2.05, 4.69) is 21.2 Å². The SMILES string of the molecule is O=C(NCc1ccc(F)cc1C(F)(F)F)c1cc(F)ccc1Br. The highest BCUT2D eigenvalue weighted by molar-refractivity contribution is 9.10. The average Bonchev–Trinajstić information content (AvgIpc) is 2.47. The van der Waals surface area contributed by atoms with E-state index in [1.165, 1.54) is 6.07 Å². The molecule has 0 fully saturated rings. The van der Waals surface area contributed by atoms with Crippen LogP contribution in [0.5, 0.6) is 0 Å². The summed E-state index contributed by atoms with van der Waals surface area (Å²) in [6.45, 7) is -0.475. The summed E-state index contributed by atoms with van der Waals surface area (Å²) in [7, 11) is 0. The zero-order valence-electron chi connectivity index (χ0n) is 11.3. The number of amides is 1. The lowest BCUT2D eigenvalue weighted by atomic mass is 10.1. The zero-order chi connectivity index (χ0) is 17.2. The van der Waals surface area contributed by atoms with Gasteiger partial charge in [0.1, 0.15) is 11.6 Å². The van der Waals surface area contributed by atoms with Crippen molar-refractivity contribution in [3.63, 3.8) is 0 Å². The molecular weight excluding hydrogens is 385 g/mol. The number of carbonyl (C=O) groups is 1. The number of benzene rings is 2. The molecule has 0 spiro atoms. The van der Waals surface area contributed by atoms with Gasteiger partial charge in [-0.2, -0.15) is 13.2 Å². The van der Waals surface area contributed by atoms with Gasteiger partial charge in [0.2, 0.25) is 0 Å². The first-order valence-electron chi connectivity index (χ1n) is 6.27. The molecule has 0 aromatic heterocycles. The normalized spacial score (nSPS) is 11.4. The summed E-state index contributed by atoms with van der Waals surface area (Å²) < 4.78 is 65.0. The third kappa shape index (κ3) is 4.28. The van der Waals surface area contributed by atoms with Crippen LogP contribution in [0.4, 0.5) is 22.0 Å². The predicted octanol–water partition coefficient (Wildman–Crippen LogP) is 4.68. The van der Waals surface area contributed by atoms with Crippen molar-refractivity contribution in [1.82, 2.24) is 5.32 Å². The van der Waals surface area contributed by atoms with Crippen LogP contribution in [0.3, 0.4) is 0 Å². The third-order valence-corrected chi connectivity index (χ3v) is 3.68. The van der Waals surface area contributed by atoms with Crippen LogP contribution < -0.4 is 5.32 Å². The Balaban J connectivity index is 2.21. The van der Waals surface area contributed by atoms with Crippen molar-refractivity contribution < 1.29 is 26.7 Å². The van der Waals surface area contributed by atoms with Crippen molar-refractivity contribution >= 4 is 21.8 Å². The molecule has 2 aromatic carbocycles. The Morgan fingerprint density at radius 3 is 2.30 bits per heavy atom. The Morgan fingerprint density at radius 2 is 1.65 bits per heavy atom. The van der Waals surface area contributed by atoms with Gasteiger partial charge in [-0.3, -0.25) is 4.79 Å². The van der Waals surface area contributed by atoms with Gasteiger partial charge in [-0.15, -0.1) is 0 Å². The van der Waals surface area contributed by atoms with Gasteiger partial charge in [0, 0.05) is 11.0 Å². The number of hydrogen-bond acceptors (Lipinski definition) is 1. The molecule has 0 unspecified atom stereocenters. The maximum Gasteiger partial charge on any atom is 0.416 e. The fraction of sp³-hybridized carbons (Fsp3) is 0.133. The van der Waals surface area contributed by atoms with Crippen LogP contribution >= 0.6 is 15.9 Å². The molecule has 2 nitrogen and oxygen atoms in total. The molecule has 122 valence electrons. The molecule has 0 radical (unpaired) electrons. The number of halogens is 6. The Kier molecular flexibility index (Phi) is 5.03. The van der Waals surface area contributed by atoms with Crippen LogP contribution in [0.1, 0.15) is 21.5 Å². The quantitative estimate of drug-likeness (QED) is 0.753. The molecule has 0 atom stereocenters. The van der Waals surface area contributed by atoms with Crippen molar-refractivity contribution in [3.05, 3.63) is 69.2 Å². The molecule has 0 saturated carbocycles. The highest BCUT2D eigenvalue weighted by Crippen LogP contribution is 2.32. The predicted molar refractivity (Wildman–Crippen MR) is 76.7 cm³/mol. The molecule has 0 aliphatic heterocycles. The van der Waals surface area contributed by atoms with Crippen molar-refractivity contribution in [2.45, 2.75) is 12.7 Å². The van der Waals surface area contributed by atoms with Gasteiger partial charge in [0.15, 0.2) is 0 Å². The molecule has 1 amide bonds. The summed E-state index contributed by atoms with van der Waals surface area (Å²) in [5.74, 6) is -2.44. The average molecular weight is 394 g/mol. The second-order valence-electron chi connectivity index (χ2n) is 4.61. The van der Waals surface area contributed by atoms with Gasteiger partial charge >= 0.3 is 6.18 Å². The highest BCUT2D eigenvalue weighted by atomic mass is 79.9. The maximum atomic E-state index is 13.1. The van der Waals surface area contributed by atoms with Crippen LogP contribution in [0, 0.1) is 11.6 Å². The minimum Gasteiger partial charge on any atom is -0.348 e. The number of rotatable bonds is 3. The number of carbonyl (C=O) groups excluding carboxylic acids is 1. The molecule has 0 bridgehead atoms. The van der Waals surface area contributed by atoms with E-state index in [1.54, 1.807) is 0 Å². The Morgan fingerprint density at radius 1 is 1.04 bits per heavy atom. The van der Waals surface area contributed by atoms with E-state index in [9.17, 15) is 26.7 Å². The van der Waals surface area contributed by atoms with Gasteiger partial charge < -0.3 is 5.32 Å². The number of hydrogen-bond donors (Lipinski definition) is 1. The Hall–Kier alpha value is -1.96. The molecule has 23 heavy (non-hydrogen) atoms. The molecule has 1 N–H and O–H groups in total. The Bertz CT molecular complexity index is 745. The summed E-state index contributed by atoms with van der Waals surface area (Å²) in [4.78, 5) is 12.0. The van der Waals surface area contributed by atoms with E-state index < -0.39 is 35.8 Å². The van der Waals surface area contributed by atoms with Gasteiger partial charge in [-0.25, -0.2) is 8.78 Å². The molecule has 2 aromatic rings. The van der Waals surface area contributed by atoms with E-state index in [4.69, 9.17) is 0 Å². The van der Waals surface area contributed by atoms with Gasteiger partial charge in [0.25, 0.3) is 5.91 Å². The number of nitrogens with one attached hydrogen (secondary N) is 1. The first-order valence-corrected chi connectivity index (χ1v) is 7.06. The van der Waals surface area contributed by atoms with Crippen LogP contribution in [0.25, 0.3) is 0 Å². The van der Waals surface area contributed by atoms with Gasteiger partial charge in [-0.05, 0) is 51.8 Å². The third-order valence-electron chi connectivity index (χ3n) is 2.99. The van der Waals surface area contributed by atoms with E-state index in [1.807, 2.05) is 0 Å². The molecule has 0 heterocycles. The second kappa shape index (κ2) is 6.66. The summed E-state index contributed by atoms with van der Waals surface area (Å²) in [6.07, 6.45) is -4.75. The summed E-state index contributed by atoms with van der Waals surface area (Å²) in [5.41, 5.74) is -1.52. The summed E-state index contributed by atoms with van der Waals surface area (Å²) >= 11 is 3.06. The fourth-order valence-corrected chi connectivity index (χ4v) is 2.34. The molecule has 0 aliphatic rings. The lowest BCUT2D eigenvalue weighted by molar-refractivity contribution is -0.138. The minimum atomic E-state index is -4.75. The smallest absolute Gasteiger partial charge is 0.348 e. The summed E-state index contributed by atoms with van der Waals surface area (Å²) in [6, 6.07) is 5.56. The number of alkyl halides is 3. The molecular formula is C15H9BrF5NO. The molecule has 2 rings (SSSR count). The van der Waals surface area contributed by atoms with E-state index >= 15 is 0 Å². The van der Waals surface area contributed by atoms with E-state index in [0.29, 0.717) is 10.5 Å². The largest absolute Gasteiger partial charge is 0.416 e. The van der Waals surface area contributed by atoms with Crippen molar-refractivity contribution in [2.24, 2.45) is 0 Å². The first kappa shape index (κ1) is 17.4. The summed E-state index contributed by atoms with van der Waals surface area (Å²) in [5, 5.41) is 2.26. The van der Waals surface area contributed by atoms with Crippen molar-refractivity contribution in [1.29, 1.82) is 0 Å². The molecule has 0 saturated heterocycles. The topological polar surface area (TPSA) is 29.1 Å². The lowest BCUT2D eigenvalue weighted by Crippen LogP contribution is -2.25. The maximum absolute atomic E-state index is 13.1. The van der Waals surface area contributed by atoms with Crippen LogP contribution in [-0.4, -0.2) is 5.91 Å². The molecule has 8 heteroatoms. The first-order chi connectivity index (χ1) is 10.7. The zero-order valence-corrected chi connectivity index (χ0v) is 12.9. The molecule has 0 aliphatic carbocycles. The van der Waals surface area contributed by atoms with Gasteiger partial charge in [-0.1, -0.05) is 6.07 Å². The minimum absolute atomic E-state index is 0.0549. The lowest BCUT2D eigenvalue weighted by Gasteiger charge is -2.14. The monoisotopic (exact) mass is 393 g/mol. The van der Waals surface area contributed by atoms with Crippen LogP contribution in [-0.2, 0) is 12.7 Å². The highest BCUT2D eigenvalue weighted by Gasteiger charge is 2.33. The standard InChI is InChI=1S/C15H9BrF5NO/c16-13-4-3-9(17)5-11(13)14(23)22-7-8-1-2-10(18)6-12(8)15(19,20)21/h1-6H,7H2,(H,22,23). The second-order valence-corrected chi connectivity index (χ2v) is 5.46. The van der Waals surface area contributed by atoms with Crippen LogP contribution in [0.15, 0.2) is 40.9 Å². The van der Waals surface area contributed by atoms with Crippen molar-refractivity contribution in [2.75, 3.05) is 0 Å².